The van der Waals surface area contributed by atoms with Gasteiger partial charge in [0.15, 0.2) is 0 Å². The molecule has 2 aliphatic rings. The van der Waals surface area contributed by atoms with Gasteiger partial charge in [-0.25, -0.2) is 4.98 Å². The number of rotatable bonds is 7. The Hall–Kier alpha value is -1.24. The molecule has 0 radical (unpaired) electrons. The van der Waals surface area contributed by atoms with Crippen molar-refractivity contribution in [2.45, 2.75) is 45.3 Å². The average molecular weight is 332 g/mol. The van der Waals surface area contributed by atoms with Crippen LogP contribution < -0.4 is 0 Å². The maximum absolute atomic E-state index is 6.07. The molecule has 0 saturated heterocycles. The number of nitrogens with zero attached hydrogens (tertiary/aromatic N) is 4. The van der Waals surface area contributed by atoms with E-state index in [-0.39, 0.29) is 0 Å². The number of aromatic nitrogens is 3. The number of ether oxygens (including phenoxy) is 1. The normalized spacial score (nSPS) is 21.5. The van der Waals surface area contributed by atoms with E-state index in [2.05, 4.69) is 32.0 Å². The van der Waals surface area contributed by atoms with Gasteiger partial charge in [0.1, 0.15) is 5.01 Å². The third-order valence-electron chi connectivity index (χ3n) is 4.83. The van der Waals surface area contributed by atoms with Gasteiger partial charge in [-0.15, -0.1) is 11.3 Å². The first-order chi connectivity index (χ1) is 11.3. The number of hydrogen-bond donors (Lipinski definition) is 0. The molecule has 2 aromatic heterocycles. The zero-order chi connectivity index (χ0) is 15.6. The van der Waals surface area contributed by atoms with Crippen molar-refractivity contribution in [1.29, 1.82) is 0 Å². The first kappa shape index (κ1) is 15.3. The van der Waals surface area contributed by atoms with Crippen LogP contribution in [0, 0.1) is 5.92 Å². The number of thiazole rings is 1. The predicted molar refractivity (Wildman–Crippen MR) is 90.4 cm³/mol. The third kappa shape index (κ3) is 3.34. The van der Waals surface area contributed by atoms with Crippen molar-refractivity contribution >= 4 is 11.3 Å². The molecule has 5 nitrogen and oxygen atoms in total. The van der Waals surface area contributed by atoms with Crippen LogP contribution in [0.15, 0.2) is 17.8 Å². The molecule has 1 atom stereocenters. The van der Waals surface area contributed by atoms with E-state index in [1.54, 1.807) is 11.3 Å². The Bertz CT molecular complexity index is 622. The SMILES string of the molecule is CCn1ncc2c1[C@H](COCC1CC1)N(Cc1nccs1)CC2. The van der Waals surface area contributed by atoms with E-state index in [4.69, 9.17) is 4.74 Å². The van der Waals surface area contributed by atoms with Crippen molar-refractivity contribution in [1.82, 2.24) is 19.7 Å². The highest BCUT2D eigenvalue weighted by Crippen LogP contribution is 2.33. The molecule has 124 valence electrons. The summed E-state index contributed by atoms with van der Waals surface area (Å²) in [7, 11) is 0. The topological polar surface area (TPSA) is 43.2 Å². The van der Waals surface area contributed by atoms with Crippen molar-refractivity contribution in [3.05, 3.63) is 34.0 Å². The van der Waals surface area contributed by atoms with Crippen molar-refractivity contribution in [3.63, 3.8) is 0 Å². The summed E-state index contributed by atoms with van der Waals surface area (Å²) in [5.74, 6) is 0.807. The van der Waals surface area contributed by atoms with E-state index >= 15 is 0 Å². The molecule has 6 heteroatoms. The Kier molecular flexibility index (Phi) is 4.46. The van der Waals surface area contributed by atoms with Gasteiger partial charge in [-0.2, -0.15) is 5.10 Å². The minimum Gasteiger partial charge on any atom is -0.379 e. The molecule has 0 bridgehead atoms. The van der Waals surface area contributed by atoms with Gasteiger partial charge >= 0.3 is 0 Å². The highest BCUT2D eigenvalue weighted by atomic mass is 32.1. The van der Waals surface area contributed by atoms with Gasteiger partial charge < -0.3 is 4.74 Å². The predicted octanol–water partition coefficient (Wildman–Crippen LogP) is 2.89. The molecule has 1 saturated carbocycles. The largest absolute Gasteiger partial charge is 0.379 e. The zero-order valence-electron chi connectivity index (χ0n) is 13.6. The van der Waals surface area contributed by atoms with E-state index in [9.17, 15) is 0 Å². The Morgan fingerprint density at radius 2 is 2.26 bits per heavy atom. The molecular formula is C17H24N4OS. The van der Waals surface area contributed by atoms with Gasteiger partial charge in [-0.05, 0) is 37.7 Å². The summed E-state index contributed by atoms with van der Waals surface area (Å²) in [5.41, 5.74) is 2.74. The van der Waals surface area contributed by atoms with E-state index in [0.717, 1.165) is 45.2 Å². The molecule has 0 spiro atoms. The molecular weight excluding hydrogens is 308 g/mol. The molecule has 3 heterocycles. The highest BCUT2D eigenvalue weighted by Gasteiger charge is 2.32. The van der Waals surface area contributed by atoms with Gasteiger partial charge in [0, 0.05) is 31.3 Å². The van der Waals surface area contributed by atoms with Gasteiger partial charge in [0.25, 0.3) is 0 Å². The number of hydrogen-bond acceptors (Lipinski definition) is 5. The second-order valence-corrected chi connectivity index (χ2v) is 7.49. The monoisotopic (exact) mass is 332 g/mol. The minimum atomic E-state index is 0.295. The summed E-state index contributed by atoms with van der Waals surface area (Å²) >= 11 is 1.73. The first-order valence-electron chi connectivity index (χ1n) is 8.60. The van der Waals surface area contributed by atoms with Crippen LogP contribution in [0.1, 0.15) is 42.1 Å². The second kappa shape index (κ2) is 6.71. The van der Waals surface area contributed by atoms with Crippen LogP contribution in [0.3, 0.4) is 0 Å². The number of fused-ring (bicyclic) bond motifs is 1. The summed E-state index contributed by atoms with van der Waals surface area (Å²) in [6, 6.07) is 0.295. The van der Waals surface area contributed by atoms with E-state index in [1.807, 2.05) is 12.4 Å². The van der Waals surface area contributed by atoms with Crippen LogP contribution in [-0.4, -0.2) is 39.4 Å². The van der Waals surface area contributed by atoms with Gasteiger partial charge in [0.05, 0.1) is 31.1 Å². The standard InChI is InChI=1S/C17H24N4OS/c1-2-21-17-14(9-19-21)5-7-20(10-16-18-6-8-23-16)15(17)12-22-11-13-3-4-13/h6,8-9,13,15H,2-5,7,10-12H2,1H3/t15-/m0/s1. The van der Waals surface area contributed by atoms with E-state index in [1.165, 1.54) is 29.1 Å². The fourth-order valence-corrected chi connectivity index (χ4v) is 4.01. The molecule has 4 rings (SSSR count). The van der Waals surface area contributed by atoms with Crippen LogP contribution in [0.2, 0.25) is 0 Å². The first-order valence-corrected chi connectivity index (χ1v) is 9.48. The van der Waals surface area contributed by atoms with E-state index < -0.39 is 0 Å². The van der Waals surface area contributed by atoms with Crippen molar-refractivity contribution in [3.8, 4) is 0 Å². The fraction of sp³-hybridized carbons (Fsp3) is 0.647. The lowest BCUT2D eigenvalue weighted by molar-refractivity contribution is 0.0409. The summed E-state index contributed by atoms with van der Waals surface area (Å²) in [6.07, 6.45) is 7.69. The molecule has 1 aliphatic heterocycles. The Morgan fingerprint density at radius 3 is 3.00 bits per heavy atom. The van der Waals surface area contributed by atoms with Gasteiger partial charge in [-0.3, -0.25) is 9.58 Å². The Labute approximate surface area is 141 Å². The van der Waals surface area contributed by atoms with Crippen LogP contribution in [0.4, 0.5) is 0 Å². The van der Waals surface area contributed by atoms with Crippen molar-refractivity contribution in [2.75, 3.05) is 19.8 Å². The molecule has 1 aliphatic carbocycles. The van der Waals surface area contributed by atoms with Crippen LogP contribution >= 0.6 is 11.3 Å². The highest BCUT2D eigenvalue weighted by molar-refractivity contribution is 7.09. The van der Waals surface area contributed by atoms with Gasteiger partial charge in [-0.1, -0.05) is 0 Å². The summed E-state index contributed by atoms with van der Waals surface area (Å²) in [4.78, 5) is 6.98. The number of aryl methyl sites for hydroxylation is 1. The second-order valence-electron chi connectivity index (χ2n) is 6.51. The molecule has 2 aromatic rings. The quantitative estimate of drug-likeness (QED) is 0.782. The molecule has 0 N–H and O–H groups in total. The summed E-state index contributed by atoms with van der Waals surface area (Å²) in [5, 5.41) is 7.81. The average Bonchev–Trinajstić information content (AvgIpc) is 3.08. The molecule has 23 heavy (non-hydrogen) atoms. The van der Waals surface area contributed by atoms with Crippen molar-refractivity contribution < 1.29 is 4.74 Å². The third-order valence-corrected chi connectivity index (χ3v) is 5.60. The fourth-order valence-electron chi connectivity index (χ4n) is 3.37. The molecule has 0 amide bonds. The molecule has 1 fully saturated rings. The van der Waals surface area contributed by atoms with E-state index in [0.29, 0.717) is 6.04 Å². The molecule has 0 unspecified atom stereocenters. The smallest absolute Gasteiger partial charge is 0.107 e. The summed E-state index contributed by atoms with van der Waals surface area (Å²) < 4.78 is 8.22. The lowest BCUT2D eigenvalue weighted by Gasteiger charge is -2.35. The summed E-state index contributed by atoms with van der Waals surface area (Å²) in [6.45, 7) is 6.72. The zero-order valence-corrected chi connectivity index (χ0v) is 14.5. The lowest BCUT2D eigenvalue weighted by Crippen LogP contribution is -2.38. The minimum absolute atomic E-state index is 0.295. The Morgan fingerprint density at radius 1 is 1.35 bits per heavy atom. The maximum Gasteiger partial charge on any atom is 0.107 e. The van der Waals surface area contributed by atoms with Gasteiger partial charge in [0.2, 0.25) is 0 Å². The maximum atomic E-state index is 6.07. The van der Waals surface area contributed by atoms with Crippen LogP contribution in [0.5, 0.6) is 0 Å². The van der Waals surface area contributed by atoms with Crippen molar-refractivity contribution in [2.24, 2.45) is 5.92 Å². The van der Waals surface area contributed by atoms with Crippen LogP contribution in [-0.2, 0) is 24.2 Å². The van der Waals surface area contributed by atoms with Crippen LogP contribution in [0.25, 0.3) is 0 Å². The molecule has 0 aromatic carbocycles. The lowest BCUT2D eigenvalue weighted by atomic mass is 10.00. The Balaban J connectivity index is 1.54.